The lowest BCUT2D eigenvalue weighted by Gasteiger charge is -2.26. The lowest BCUT2D eigenvalue weighted by Crippen LogP contribution is -2.37. The Labute approximate surface area is 122 Å². The van der Waals surface area contributed by atoms with Crippen LogP contribution >= 0.6 is 0 Å². The van der Waals surface area contributed by atoms with Gasteiger partial charge in [0, 0.05) is 32.0 Å². The molecule has 1 aliphatic rings. The average Bonchev–Trinajstić information content (AvgIpc) is 2.47. The zero-order valence-electron chi connectivity index (χ0n) is 12.7. The van der Waals surface area contributed by atoms with Gasteiger partial charge in [0.1, 0.15) is 0 Å². The molecule has 0 spiro atoms. The molecule has 1 aromatic heterocycles. The van der Waals surface area contributed by atoms with E-state index in [1.807, 2.05) is 19.3 Å². The molecule has 0 N–H and O–H groups in total. The van der Waals surface area contributed by atoms with Crippen molar-refractivity contribution in [3.63, 3.8) is 0 Å². The highest BCUT2D eigenvalue weighted by Gasteiger charge is 2.09. The fourth-order valence-electron chi connectivity index (χ4n) is 2.40. The Balaban J connectivity index is 1.57. The summed E-state index contributed by atoms with van der Waals surface area (Å²) < 4.78 is 5.36. The average molecular weight is 278 g/mol. The molecule has 1 aromatic rings. The Morgan fingerprint density at radius 1 is 1.20 bits per heavy atom. The van der Waals surface area contributed by atoms with Crippen molar-refractivity contribution < 1.29 is 4.74 Å². The van der Waals surface area contributed by atoms with Gasteiger partial charge in [-0.2, -0.15) is 0 Å². The van der Waals surface area contributed by atoms with E-state index in [1.54, 1.807) is 0 Å². The van der Waals surface area contributed by atoms with Crippen LogP contribution in [0.5, 0.6) is 0 Å². The standard InChI is InChI=1S/C15H26N4O/c1-14-11-17-15(12-16-14)13-18(2)5-3-4-6-19-7-9-20-10-8-19/h11-12H,3-10,13H2,1-2H3. The Morgan fingerprint density at radius 2 is 2.00 bits per heavy atom. The molecule has 0 unspecified atom stereocenters. The van der Waals surface area contributed by atoms with Gasteiger partial charge in [0.05, 0.1) is 24.6 Å². The SMILES string of the molecule is Cc1cnc(CN(C)CCCCN2CCOCC2)cn1. The minimum absolute atomic E-state index is 0.880. The summed E-state index contributed by atoms with van der Waals surface area (Å²) in [7, 11) is 2.15. The molecule has 0 radical (unpaired) electrons. The number of morpholine rings is 1. The van der Waals surface area contributed by atoms with E-state index in [-0.39, 0.29) is 0 Å². The maximum absolute atomic E-state index is 5.36. The second-order valence-electron chi connectivity index (χ2n) is 5.55. The maximum atomic E-state index is 5.36. The summed E-state index contributed by atoms with van der Waals surface area (Å²) in [5, 5.41) is 0. The topological polar surface area (TPSA) is 41.5 Å². The first kappa shape index (κ1) is 15.4. The van der Waals surface area contributed by atoms with Crippen molar-refractivity contribution in [3.05, 3.63) is 23.8 Å². The van der Waals surface area contributed by atoms with E-state index in [1.165, 1.54) is 19.4 Å². The first-order valence-electron chi connectivity index (χ1n) is 7.50. The Morgan fingerprint density at radius 3 is 2.70 bits per heavy atom. The van der Waals surface area contributed by atoms with Gasteiger partial charge in [-0.1, -0.05) is 0 Å². The highest BCUT2D eigenvalue weighted by molar-refractivity contribution is 5.00. The summed E-state index contributed by atoms with van der Waals surface area (Å²) in [6.07, 6.45) is 6.19. The third-order valence-electron chi connectivity index (χ3n) is 3.63. The van der Waals surface area contributed by atoms with E-state index in [0.29, 0.717) is 0 Å². The maximum Gasteiger partial charge on any atom is 0.0726 e. The minimum Gasteiger partial charge on any atom is -0.379 e. The lowest BCUT2D eigenvalue weighted by atomic mass is 10.2. The molecule has 2 heterocycles. The zero-order valence-corrected chi connectivity index (χ0v) is 12.7. The Hall–Kier alpha value is -1.04. The van der Waals surface area contributed by atoms with Gasteiger partial charge < -0.3 is 9.64 Å². The monoisotopic (exact) mass is 278 g/mol. The second-order valence-corrected chi connectivity index (χ2v) is 5.55. The Bertz CT molecular complexity index is 376. The summed E-state index contributed by atoms with van der Waals surface area (Å²) in [6.45, 7) is 9.12. The van der Waals surface area contributed by atoms with E-state index < -0.39 is 0 Å². The van der Waals surface area contributed by atoms with Crippen LogP contribution in [0.25, 0.3) is 0 Å². The van der Waals surface area contributed by atoms with Crippen molar-refractivity contribution in [2.75, 3.05) is 46.4 Å². The van der Waals surface area contributed by atoms with Gasteiger partial charge in [-0.15, -0.1) is 0 Å². The van der Waals surface area contributed by atoms with Crippen molar-refractivity contribution in [1.29, 1.82) is 0 Å². The normalized spacial score (nSPS) is 16.8. The van der Waals surface area contributed by atoms with Crippen LogP contribution in [0.4, 0.5) is 0 Å². The molecular formula is C15H26N4O. The first-order chi connectivity index (χ1) is 9.74. The summed E-state index contributed by atoms with van der Waals surface area (Å²) in [5.74, 6) is 0. The van der Waals surface area contributed by atoms with Crippen LogP contribution in [0.3, 0.4) is 0 Å². The third-order valence-corrected chi connectivity index (χ3v) is 3.63. The molecule has 112 valence electrons. The molecule has 0 bridgehead atoms. The van der Waals surface area contributed by atoms with Crippen molar-refractivity contribution in [2.24, 2.45) is 0 Å². The van der Waals surface area contributed by atoms with Gasteiger partial charge in [0.25, 0.3) is 0 Å². The van der Waals surface area contributed by atoms with Crippen LogP contribution < -0.4 is 0 Å². The molecule has 1 aliphatic heterocycles. The predicted octanol–water partition coefficient (Wildman–Crippen LogP) is 1.33. The van der Waals surface area contributed by atoms with E-state index >= 15 is 0 Å². The third kappa shape index (κ3) is 5.53. The first-order valence-corrected chi connectivity index (χ1v) is 7.50. The predicted molar refractivity (Wildman–Crippen MR) is 79.6 cm³/mol. The summed E-state index contributed by atoms with van der Waals surface area (Å²) in [5.41, 5.74) is 2.02. The molecule has 20 heavy (non-hydrogen) atoms. The number of ether oxygens (including phenoxy) is 1. The lowest BCUT2D eigenvalue weighted by molar-refractivity contribution is 0.0369. The number of hydrogen-bond acceptors (Lipinski definition) is 5. The molecule has 0 saturated carbocycles. The molecule has 0 amide bonds. The van der Waals surface area contributed by atoms with Gasteiger partial charge in [-0.05, 0) is 39.9 Å². The van der Waals surface area contributed by atoms with Gasteiger partial charge in [-0.25, -0.2) is 0 Å². The van der Waals surface area contributed by atoms with Crippen LogP contribution in [0.2, 0.25) is 0 Å². The number of nitrogens with zero attached hydrogens (tertiary/aromatic N) is 4. The highest BCUT2D eigenvalue weighted by Crippen LogP contribution is 2.03. The van der Waals surface area contributed by atoms with Crippen molar-refractivity contribution in [2.45, 2.75) is 26.3 Å². The number of aryl methyl sites for hydroxylation is 1. The van der Waals surface area contributed by atoms with E-state index in [2.05, 4.69) is 26.8 Å². The van der Waals surface area contributed by atoms with E-state index in [0.717, 1.165) is 50.8 Å². The van der Waals surface area contributed by atoms with Crippen LogP contribution in [0.15, 0.2) is 12.4 Å². The van der Waals surface area contributed by atoms with Crippen LogP contribution in [0.1, 0.15) is 24.2 Å². The molecule has 5 nitrogen and oxygen atoms in total. The second kappa shape index (κ2) is 8.29. The molecule has 2 rings (SSSR count). The highest BCUT2D eigenvalue weighted by atomic mass is 16.5. The molecule has 0 aliphatic carbocycles. The Kier molecular flexibility index (Phi) is 6.36. The molecule has 1 fully saturated rings. The number of hydrogen-bond donors (Lipinski definition) is 0. The molecule has 0 aromatic carbocycles. The summed E-state index contributed by atoms with van der Waals surface area (Å²) in [4.78, 5) is 13.5. The fraction of sp³-hybridized carbons (Fsp3) is 0.733. The number of rotatable bonds is 7. The summed E-state index contributed by atoms with van der Waals surface area (Å²) >= 11 is 0. The zero-order chi connectivity index (χ0) is 14.2. The molecule has 1 saturated heterocycles. The van der Waals surface area contributed by atoms with Gasteiger partial charge in [0.2, 0.25) is 0 Å². The van der Waals surface area contributed by atoms with Crippen molar-refractivity contribution in [3.8, 4) is 0 Å². The van der Waals surface area contributed by atoms with E-state index in [9.17, 15) is 0 Å². The smallest absolute Gasteiger partial charge is 0.0726 e. The van der Waals surface area contributed by atoms with Crippen molar-refractivity contribution in [1.82, 2.24) is 19.8 Å². The van der Waals surface area contributed by atoms with Crippen LogP contribution in [-0.4, -0.2) is 66.2 Å². The molecule has 0 atom stereocenters. The fourth-order valence-corrected chi connectivity index (χ4v) is 2.40. The number of unbranched alkanes of at least 4 members (excludes halogenated alkanes) is 1. The van der Waals surface area contributed by atoms with Gasteiger partial charge in [-0.3, -0.25) is 14.9 Å². The summed E-state index contributed by atoms with van der Waals surface area (Å²) in [6, 6.07) is 0. The van der Waals surface area contributed by atoms with E-state index in [4.69, 9.17) is 4.74 Å². The van der Waals surface area contributed by atoms with Gasteiger partial charge in [0.15, 0.2) is 0 Å². The molecular weight excluding hydrogens is 252 g/mol. The quantitative estimate of drug-likeness (QED) is 0.704. The van der Waals surface area contributed by atoms with Gasteiger partial charge >= 0.3 is 0 Å². The minimum atomic E-state index is 0.880. The largest absolute Gasteiger partial charge is 0.379 e. The molecule has 5 heteroatoms. The van der Waals surface area contributed by atoms with Crippen LogP contribution in [0, 0.1) is 6.92 Å². The number of aromatic nitrogens is 2. The van der Waals surface area contributed by atoms with Crippen LogP contribution in [-0.2, 0) is 11.3 Å². The van der Waals surface area contributed by atoms with Crippen molar-refractivity contribution >= 4 is 0 Å².